The van der Waals surface area contributed by atoms with Crippen molar-refractivity contribution < 1.29 is 9.59 Å². The van der Waals surface area contributed by atoms with Crippen molar-refractivity contribution in [1.29, 1.82) is 0 Å². The fraction of sp³-hybridized carbons (Fsp3) is 0.316. The van der Waals surface area contributed by atoms with Crippen molar-refractivity contribution in [3.8, 4) is 0 Å². The van der Waals surface area contributed by atoms with E-state index in [9.17, 15) is 9.59 Å². The summed E-state index contributed by atoms with van der Waals surface area (Å²) in [6.45, 7) is 1.19. The predicted molar refractivity (Wildman–Crippen MR) is 89.7 cm³/mol. The number of likely N-dealkylation sites (tertiary alicyclic amines) is 1. The van der Waals surface area contributed by atoms with Gasteiger partial charge in [0, 0.05) is 24.8 Å². The number of hydrogen-bond acceptors (Lipinski definition) is 3. The van der Waals surface area contributed by atoms with Crippen molar-refractivity contribution in [2.45, 2.75) is 24.8 Å². The summed E-state index contributed by atoms with van der Waals surface area (Å²) in [5, 5.41) is 3.19. The number of nitrogens with zero attached hydrogens (tertiary/aromatic N) is 2. The first-order valence-corrected chi connectivity index (χ1v) is 8.28. The Hall–Kier alpha value is -2.69. The number of fused-ring (bicyclic) bond motifs is 1. The first-order valence-electron chi connectivity index (χ1n) is 8.28. The Kier molecular flexibility index (Phi) is 3.56. The predicted octanol–water partition coefficient (Wildman–Crippen LogP) is 2.04. The van der Waals surface area contributed by atoms with Gasteiger partial charge in [0.15, 0.2) is 0 Å². The molecule has 24 heavy (non-hydrogen) atoms. The number of rotatable bonds is 1. The summed E-state index contributed by atoms with van der Waals surface area (Å²) < 4.78 is 0. The smallest absolute Gasteiger partial charge is 0.272 e. The molecule has 2 aliphatic rings. The van der Waals surface area contributed by atoms with Gasteiger partial charge in [-0.15, -0.1) is 0 Å². The zero-order valence-corrected chi connectivity index (χ0v) is 13.4. The first kappa shape index (κ1) is 14.9. The van der Waals surface area contributed by atoms with Crippen molar-refractivity contribution in [2.24, 2.45) is 0 Å². The molecule has 0 aliphatic carbocycles. The number of benzene rings is 1. The summed E-state index contributed by atoms with van der Waals surface area (Å²) in [5.41, 5.74) is 1.96. The van der Waals surface area contributed by atoms with E-state index in [1.165, 1.54) is 0 Å². The Balaban J connectivity index is 1.54. The van der Waals surface area contributed by atoms with Gasteiger partial charge in [-0.3, -0.25) is 14.6 Å². The Morgan fingerprint density at radius 3 is 2.79 bits per heavy atom. The molecule has 1 N–H and O–H groups in total. The molecule has 1 unspecified atom stereocenters. The van der Waals surface area contributed by atoms with Crippen LogP contribution in [0.4, 0.5) is 0 Å². The number of hydrogen-bond donors (Lipinski definition) is 1. The van der Waals surface area contributed by atoms with Crippen LogP contribution in [-0.2, 0) is 6.42 Å². The van der Waals surface area contributed by atoms with Crippen LogP contribution in [0.1, 0.15) is 39.3 Å². The van der Waals surface area contributed by atoms with Crippen molar-refractivity contribution in [1.82, 2.24) is 15.2 Å². The van der Waals surface area contributed by atoms with Gasteiger partial charge in [-0.2, -0.15) is 0 Å². The molecule has 1 aromatic carbocycles. The van der Waals surface area contributed by atoms with Gasteiger partial charge in [0.25, 0.3) is 11.8 Å². The van der Waals surface area contributed by atoms with E-state index in [1.54, 1.807) is 23.2 Å². The fourth-order valence-electron chi connectivity index (χ4n) is 3.71. The first-order chi connectivity index (χ1) is 11.7. The molecule has 5 nitrogen and oxygen atoms in total. The second-order valence-electron chi connectivity index (χ2n) is 6.58. The van der Waals surface area contributed by atoms with Gasteiger partial charge in [-0.25, -0.2) is 0 Å². The van der Waals surface area contributed by atoms with E-state index in [0.717, 1.165) is 30.4 Å². The lowest BCUT2D eigenvalue weighted by Crippen LogP contribution is -2.50. The van der Waals surface area contributed by atoms with Gasteiger partial charge in [0.1, 0.15) is 5.69 Å². The lowest BCUT2D eigenvalue weighted by molar-refractivity contribution is 0.0759. The molecular weight excluding hydrogens is 302 g/mol. The van der Waals surface area contributed by atoms with E-state index in [1.807, 2.05) is 30.3 Å². The third-order valence-electron chi connectivity index (χ3n) is 5.04. The Morgan fingerprint density at radius 2 is 1.96 bits per heavy atom. The summed E-state index contributed by atoms with van der Waals surface area (Å²) in [6, 6.07) is 13.1. The van der Waals surface area contributed by atoms with Crippen molar-refractivity contribution in [3.05, 3.63) is 65.5 Å². The highest BCUT2D eigenvalue weighted by atomic mass is 16.2. The molecule has 2 aliphatic heterocycles. The molecule has 0 bridgehead atoms. The van der Waals surface area contributed by atoms with Crippen LogP contribution in [-0.4, -0.2) is 40.3 Å². The average molecular weight is 321 g/mol. The SMILES string of the molecule is O=C1NC2(CCc3ccccc31)CCN(C(=O)c1ccccn1)C2. The van der Waals surface area contributed by atoms with Crippen molar-refractivity contribution in [2.75, 3.05) is 13.1 Å². The van der Waals surface area contributed by atoms with Crippen LogP contribution in [0.25, 0.3) is 0 Å². The van der Waals surface area contributed by atoms with Gasteiger partial charge in [0.2, 0.25) is 0 Å². The van der Waals surface area contributed by atoms with E-state index in [4.69, 9.17) is 0 Å². The second kappa shape index (κ2) is 5.74. The molecule has 0 radical (unpaired) electrons. The lowest BCUT2D eigenvalue weighted by atomic mass is 9.91. The summed E-state index contributed by atoms with van der Waals surface area (Å²) in [5.74, 6) is -0.0984. The van der Waals surface area contributed by atoms with Crippen molar-refractivity contribution in [3.63, 3.8) is 0 Å². The van der Waals surface area contributed by atoms with Crippen LogP contribution >= 0.6 is 0 Å². The van der Waals surface area contributed by atoms with Crippen LogP contribution in [0.5, 0.6) is 0 Å². The number of carbonyl (C=O) groups excluding carboxylic acids is 2. The molecule has 1 atom stereocenters. The number of aryl methyl sites for hydroxylation is 1. The lowest BCUT2D eigenvalue weighted by Gasteiger charge is -2.28. The molecule has 2 amide bonds. The third kappa shape index (κ3) is 2.56. The molecule has 1 fully saturated rings. The van der Waals surface area contributed by atoms with Crippen molar-refractivity contribution >= 4 is 11.8 Å². The fourth-order valence-corrected chi connectivity index (χ4v) is 3.71. The monoisotopic (exact) mass is 321 g/mol. The second-order valence-corrected chi connectivity index (χ2v) is 6.58. The van der Waals surface area contributed by atoms with E-state index in [2.05, 4.69) is 10.3 Å². The maximum absolute atomic E-state index is 12.6. The number of pyridine rings is 1. The normalized spacial score (nSPS) is 22.8. The van der Waals surface area contributed by atoms with Crippen LogP contribution in [0.2, 0.25) is 0 Å². The van der Waals surface area contributed by atoms with Crippen LogP contribution in [0.3, 0.4) is 0 Å². The minimum absolute atomic E-state index is 0.0322. The van der Waals surface area contributed by atoms with Gasteiger partial charge >= 0.3 is 0 Å². The Labute approximate surface area is 140 Å². The molecule has 2 aromatic rings. The molecule has 122 valence electrons. The van der Waals surface area contributed by atoms with Gasteiger partial charge in [-0.1, -0.05) is 24.3 Å². The third-order valence-corrected chi connectivity index (χ3v) is 5.04. The summed E-state index contributed by atoms with van der Waals surface area (Å²) in [6.07, 6.45) is 4.11. The molecule has 4 rings (SSSR count). The topological polar surface area (TPSA) is 62.3 Å². The van der Waals surface area contributed by atoms with Gasteiger partial charge in [-0.05, 0) is 43.0 Å². The molecule has 3 heterocycles. The molecular formula is C19H19N3O2. The maximum atomic E-state index is 12.6. The number of nitrogens with one attached hydrogen (secondary N) is 1. The maximum Gasteiger partial charge on any atom is 0.272 e. The largest absolute Gasteiger partial charge is 0.345 e. The number of amides is 2. The van der Waals surface area contributed by atoms with Gasteiger partial charge < -0.3 is 10.2 Å². The number of carbonyl (C=O) groups is 2. The molecule has 5 heteroatoms. The van der Waals surface area contributed by atoms with E-state index in [0.29, 0.717) is 18.8 Å². The zero-order chi connectivity index (χ0) is 16.6. The molecule has 1 spiro atoms. The van der Waals surface area contributed by atoms with E-state index in [-0.39, 0.29) is 17.4 Å². The average Bonchev–Trinajstić information content (AvgIpc) is 2.98. The minimum atomic E-state index is -0.333. The van der Waals surface area contributed by atoms with E-state index < -0.39 is 0 Å². The quantitative estimate of drug-likeness (QED) is 0.874. The van der Waals surface area contributed by atoms with Gasteiger partial charge in [0.05, 0.1) is 5.54 Å². The molecule has 0 saturated carbocycles. The summed E-state index contributed by atoms with van der Waals surface area (Å²) in [4.78, 5) is 31.1. The highest BCUT2D eigenvalue weighted by Crippen LogP contribution is 2.31. The summed E-state index contributed by atoms with van der Waals surface area (Å²) in [7, 11) is 0. The highest BCUT2D eigenvalue weighted by molar-refractivity contribution is 5.97. The van der Waals surface area contributed by atoms with Crippen LogP contribution < -0.4 is 5.32 Å². The number of aromatic nitrogens is 1. The minimum Gasteiger partial charge on any atom is -0.345 e. The highest BCUT2D eigenvalue weighted by Gasteiger charge is 2.42. The Morgan fingerprint density at radius 1 is 1.12 bits per heavy atom. The molecule has 1 saturated heterocycles. The van der Waals surface area contributed by atoms with Crippen LogP contribution in [0.15, 0.2) is 48.7 Å². The summed E-state index contributed by atoms with van der Waals surface area (Å²) >= 11 is 0. The Bertz CT molecular complexity index is 790. The standard InChI is InChI=1S/C19H19N3O2/c23-17-15-6-2-1-5-14(15)8-9-19(21-17)10-12-22(13-19)18(24)16-7-3-4-11-20-16/h1-7,11H,8-10,12-13H2,(H,21,23). The zero-order valence-electron chi connectivity index (χ0n) is 13.4. The molecule has 1 aromatic heterocycles. The van der Waals surface area contributed by atoms with E-state index >= 15 is 0 Å². The van der Waals surface area contributed by atoms with Crippen LogP contribution in [0, 0.1) is 0 Å².